The average Bonchev–Trinajstić information content (AvgIpc) is 3.27. The first-order valence-corrected chi connectivity index (χ1v) is 29.0. The summed E-state index contributed by atoms with van der Waals surface area (Å²) in [5.74, 6) is -0.527. The fraction of sp³-hybridized carbons (Fsp3) is 0.821. The van der Waals surface area contributed by atoms with Gasteiger partial charge < -0.3 is 19.4 Å². The second-order valence-corrected chi connectivity index (χ2v) is 21.2. The molecule has 0 aliphatic heterocycles. The number of hydrogen-bond donors (Lipinski definition) is 2. The molecule has 0 aliphatic rings. The zero-order valence-corrected chi connectivity index (χ0v) is 44.8. The number of esters is 1. The molecule has 386 valence electrons. The van der Waals surface area contributed by atoms with Crippen molar-refractivity contribution in [1.29, 1.82) is 0 Å². The molecule has 9 nitrogen and oxygen atoms in total. The van der Waals surface area contributed by atoms with E-state index in [1.807, 2.05) is 33.3 Å². The highest BCUT2D eigenvalue weighted by Gasteiger charge is 2.30. The van der Waals surface area contributed by atoms with Crippen LogP contribution in [0.2, 0.25) is 0 Å². The maximum atomic E-state index is 13.4. The number of nitrogens with zero attached hydrogens (tertiary/aromatic N) is 1. The van der Waals surface area contributed by atoms with Crippen molar-refractivity contribution in [2.45, 2.75) is 258 Å². The second-order valence-electron chi connectivity index (χ2n) is 19.7. The average molecular weight is 950 g/mol. The Kier molecular flexibility index (Phi) is 45.3. The molecule has 66 heavy (non-hydrogen) atoms. The van der Waals surface area contributed by atoms with E-state index >= 15 is 0 Å². The number of hydrogen-bond acceptors (Lipinski definition) is 6. The van der Waals surface area contributed by atoms with Crippen molar-refractivity contribution in [1.82, 2.24) is 5.32 Å². The molecule has 0 aliphatic carbocycles. The molecule has 0 aromatic rings. The molecule has 0 aromatic carbocycles. The predicted molar refractivity (Wildman–Crippen MR) is 282 cm³/mol. The zero-order valence-electron chi connectivity index (χ0n) is 43.9. The number of carbonyl (C=O) groups is 2. The number of nitrogens with one attached hydrogen (secondary N) is 1. The molecule has 0 saturated carbocycles. The number of carbonyl (C=O) groups excluding carboxylic acids is 2. The summed E-state index contributed by atoms with van der Waals surface area (Å²) in [7, 11) is 1.48. The van der Waals surface area contributed by atoms with Crippen LogP contribution in [0.5, 0.6) is 0 Å². The number of phosphoric ester groups is 1. The first-order valence-electron chi connectivity index (χ1n) is 27.5. The Morgan fingerprint density at radius 2 is 0.970 bits per heavy atom. The predicted octanol–water partition coefficient (Wildman–Crippen LogP) is 16.2. The third-order valence-corrected chi connectivity index (χ3v) is 13.0. The standard InChI is InChI=1S/C56H105N2O7P/c1-7-10-13-16-19-22-25-28-31-33-36-39-42-45-48-55(59)57-53(52-64-66(61,62)63-51-50-58(4,5)6)54(47-44-41-38-35-32-29-26-23-20-17-14-11-8-2)65-56(60)49-46-43-40-37-34-30-27-24-21-18-15-12-9-3/h10,13,19,22,28,31,44,47,53-54H,7-9,11-12,14-18,20-21,23-27,29-30,32-43,45-46,48-52H2,1-6H3,(H-,57,59,61,62)/p+1/b13-10+,22-19+,31-28+,47-44+. The topological polar surface area (TPSA) is 111 Å². The molecular weight excluding hydrogens is 844 g/mol. The van der Waals surface area contributed by atoms with E-state index in [-0.39, 0.29) is 31.5 Å². The Bertz CT molecular complexity index is 1280. The highest BCUT2D eigenvalue weighted by Crippen LogP contribution is 2.43. The molecule has 0 rings (SSSR count). The van der Waals surface area contributed by atoms with Crippen LogP contribution in [-0.4, -0.2) is 74.3 Å². The van der Waals surface area contributed by atoms with E-state index in [1.165, 1.54) is 122 Å². The van der Waals surface area contributed by atoms with Crippen LogP contribution in [0.4, 0.5) is 0 Å². The highest BCUT2D eigenvalue weighted by atomic mass is 31.2. The van der Waals surface area contributed by atoms with Gasteiger partial charge in [-0.05, 0) is 63.9 Å². The lowest BCUT2D eigenvalue weighted by molar-refractivity contribution is -0.870. The minimum atomic E-state index is -4.44. The van der Waals surface area contributed by atoms with Gasteiger partial charge in [0.05, 0.1) is 33.8 Å². The van der Waals surface area contributed by atoms with Crippen molar-refractivity contribution >= 4 is 19.7 Å². The fourth-order valence-corrected chi connectivity index (χ4v) is 8.51. The van der Waals surface area contributed by atoms with Crippen molar-refractivity contribution in [3.63, 3.8) is 0 Å². The second kappa shape index (κ2) is 46.7. The van der Waals surface area contributed by atoms with Gasteiger partial charge in [-0.15, -0.1) is 0 Å². The number of ether oxygens (including phenoxy) is 1. The smallest absolute Gasteiger partial charge is 0.456 e. The van der Waals surface area contributed by atoms with E-state index in [9.17, 15) is 19.0 Å². The van der Waals surface area contributed by atoms with Crippen molar-refractivity contribution in [2.75, 3.05) is 40.9 Å². The lowest BCUT2D eigenvalue weighted by atomic mass is 10.0. The molecule has 3 unspecified atom stereocenters. The van der Waals surface area contributed by atoms with Crippen LogP contribution in [0, 0.1) is 0 Å². The SMILES string of the molecule is CC/C=C/C/C=C/C/C=C/CCCCCCC(=O)NC(COP(=O)(O)OCC[N+](C)(C)C)C(/C=C/CCCCCCCCCCCCC)OC(=O)CCCCCCCCCCCCCCC. The lowest BCUT2D eigenvalue weighted by Gasteiger charge is -2.27. The van der Waals surface area contributed by atoms with Crippen LogP contribution in [0.25, 0.3) is 0 Å². The first-order chi connectivity index (χ1) is 31.9. The maximum Gasteiger partial charge on any atom is 0.472 e. The van der Waals surface area contributed by atoms with Gasteiger partial charge in [-0.3, -0.25) is 18.6 Å². The van der Waals surface area contributed by atoms with Crippen LogP contribution in [0.1, 0.15) is 245 Å². The molecule has 0 aromatic heterocycles. The Balaban J connectivity index is 5.44. The van der Waals surface area contributed by atoms with Crippen molar-refractivity contribution < 1.29 is 37.3 Å². The molecule has 3 atom stereocenters. The van der Waals surface area contributed by atoms with E-state index in [2.05, 4.69) is 62.5 Å². The van der Waals surface area contributed by atoms with Crippen LogP contribution in [-0.2, 0) is 27.9 Å². The van der Waals surface area contributed by atoms with Gasteiger partial charge in [0.25, 0.3) is 0 Å². The van der Waals surface area contributed by atoms with Crippen LogP contribution >= 0.6 is 7.82 Å². The first kappa shape index (κ1) is 64.0. The molecular formula is C56H106N2O7P+. The lowest BCUT2D eigenvalue weighted by Crippen LogP contribution is -2.47. The Hall–Kier alpha value is -2.03. The van der Waals surface area contributed by atoms with E-state index in [0.29, 0.717) is 17.4 Å². The summed E-state index contributed by atoms with van der Waals surface area (Å²) in [6.45, 7) is 6.88. The van der Waals surface area contributed by atoms with Gasteiger partial charge in [0.15, 0.2) is 0 Å². The number of phosphoric acid groups is 1. The monoisotopic (exact) mass is 950 g/mol. The zero-order chi connectivity index (χ0) is 48.7. The Labute approximate surface area is 408 Å². The van der Waals surface area contributed by atoms with Gasteiger partial charge in [0.1, 0.15) is 19.3 Å². The van der Waals surface area contributed by atoms with Crippen molar-refractivity contribution in [3.8, 4) is 0 Å². The summed E-state index contributed by atoms with van der Waals surface area (Å²) in [5, 5.41) is 3.03. The van der Waals surface area contributed by atoms with Crippen LogP contribution in [0.3, 0.4) is 0 Å². The quantitative estimate of drug-likeness (QED) is 0.0205. The molecule has 1 amide bonds. The minimum absolute atomic E-state index is 0.0362. The molecule has 0 bridgehead atoms. The van der Waals surface area contributed by atoms with Gasteiger partial charge in [-0.25, -0.2) is 4.57 Å². The Morgan fingerprint density at radius 3 is 1.45 bits per heavy atom. The third kappa shape index (κ3) is 47.1. The summed E-state index contributed by atoms with van der Waals surface area (Å²) in [6, 6.07) is -0.856. The van der Waals surface area contributed by atoms with Crippen molar-refractivity contribution in [2.24, 2.45) is 0 Å². The minimum Gasteiger partial charge on any atom is -0.456 e. The summed E-state index contributed by atoms with van der Waals surface area (Å²) in [5.41, 5.74) is 0. The summed E-state index contributed by atoms with van der Waals surface area (Å²) in [4.78, 5) is 37.5. The number of likely N-dealkylation sites (N-methyl/N-ethyl adjacent to an activating group) is 1. The van der Waals surface area contributed by atoms with Crippen LogP contribution in [0.15, 0.2) is 48.6 Å². The van der Waals surface area contributed by atoms with Gasteiger partial charge in [0.2, 0.25) is 5.91 Å². The molecule has 10 heteroatoms. The summed E-state index contributed by atoms with van der Waals surface area (Å²) >= 11 is 0. The summed E-state index contributed by atoms with van der Waals surface area (Å²) in [6.07, 6.45) is 55.3. The molecule has 0 fully saturated rings. The largest absolute Gasteiger partial charge is 0.472 e. The maximum absolute atomic E-state index is 13.4. The van der Waals surface area contributed by atoms with E-state index in [4.69, 9.17) is 13.8 Å². The number of quaternary nitrogens is 1. The summed E-state index contributed by atoms with van der Waals surface area (Å²) < 4.78 is 30.5. The normalized spacial score (nSPS) is 14.2. The van der Waals surface area contributed by atoms with E-state index in [0.717, 1.165) is 89.9 Å². The number of unbranched alkanes of at least 4 members (excludes halogenated alkanes) is 27. The van der Waals surface area contributed by atoms with Gasteiger partial charge >= 0.3 is 13.8 Å². The molecule has 0 saturated heterocycles. The molecule has 0 spiro atoms. The number of rotatable bonds is 49. The third-order valence-electron chi connectivity index (χ3n) is 12.0. The van der Waals surface area contributed by atoms with E-state index in [1.54, 1.807) is 0 Å². The van der Waals surface area contributed by atoms with Crippen LogP contribution < -0.4 is 5.32 Å². The van der Waals surface area contributed by atoms with Crippen molar-refractivity contribution in [3.05, 3.63) is 48.6 Å². The van der Waals surface area contributed by atoms with Gasteiger partial charge in [-0.2, -0.15) is 0 Å². The number of allylic oxidation sites excluding steroid dienone is 7. The molecule has 0 radical (unpaired) electrons. The highest BCUT2D eigenvalue weighted by molar-refractivity contribution is 7.47. The molecule has 2 N–H and O–H groups in total. The van der Waals surface area contributed by atoms with Gasteiger partial charge in [0, 0.05) is 12.8 Å². The fourth-order valence-electron chi connectivity index (χ4n) is 7.78. The molecule has 0 heterocycles. The van der Waals surface area contributed by atoms with E-state index < -0.39 is 20.0 Å². The number of amides is 1. The van der Waals surface area contributed by atoms with Gasteiger partial charge in [-0.1, -0.05) is 217 Å². The Morgan fingerprint density at radius 1 is 0.545 bits per heavy atom.